The number of aryl methyl sites for hydroxylation is 1. The van der Waals surface area contributed by atoms with Crippen LogP contribution in [0, 0.1) is 18.8 Å². The van der Waals surface area contributed by atoms with Gasteiger partial charge in [-0.3, -0.25) is 4.79 Å². The lowest BCUT2D eigenvalue weighted by molar-refractivity contribution is -0.119. The van der Waals surface area contributed by atoms with E-state index >= 15 is 0 Å². The zero-order valence-corrected chi connectivity index (χ0v) is 19.8. The number of piperidine rings is 1. The fourth-order valence-corrected chi connectivity index (χ4v) is 4.69. The third-order valence-electron chi connectivity index (χ3n) is 6.99. The van der Waals surface area contributed by atoms with Crippen LogP contribution in [0.3, 0.4) is 0 Å². The van der Waals surface area contributed by atoms with Gasteiger partial charge in [-0.05, 0) is 61.3 Å². The second-order valence-electron chi connectivity index (χ2n) is 10.1. The smallest absolute Gasteiger partial charge is 0.140 e. The van der Waals surface area contributed by atoms with Crippen molar-refractivity contribution in [3.8, 4) is 0 Å². The summed E-state index contributed by atoms with van der Waals surface area (Å²) < 4.78 is 0. The molecule has 1 aliphatic heterocycles. The van der Waals surface area contributed by atoms with Gasteiger partial charge in [-0.1, -0.05) is 31.2 Å². The summed E-state index contributed by atoms with van der Waals surface area (Å²) in [5, 5.41) is 0. The molecule has 3 heterocycles. The van der Waals surface area contributed by atoms with Crippen molar-refractivity contribution < 1.29 is 4.79 Å². The highest BCUT2D eigenvalue weighted by atomic mass is 16.1. The van der Waals surface area contributed by atoms with Crippen LogP contribution in [-0.2, 0) is 24.1 Å². The average Bonchev–Trinajstić information content (AvgIpc) is 3.58. The van der Waals surface area contributed by atoms with Crippen molar-refractivity contribution in [1.29, 1.82) is 0 Å². The molecule has 2 aromatic heterocycles. The number of hydrogen-bond acceptors (Lipinski definition) is 4. The molecule has 2 aliphatic rings. The largest absolute Gasteiger partial charge is 0.365 e. The normalized spacial score (nSPS) is 16.8. The van der Waals surface area contributed by atoms with E-state index in [0.29, 0.717) is 24.5 Å². The lowest BCUT2D eigenvalue weighted by Gasteiger charge is -2.31. The summed E-state index contributed by atoms with van der Waals surface area (Å²) in [6.45, 7) is 6.54. The molecule has 0 atom stereocenters. The standard InChI is InChI=1S/C28H34N4O/c1-19-9-11-32(12-10-19)28-17-25(14-23-13-20(2)29-18-23)30-27(31-28)16-22-5-3-21(4-6-22)15-26(33)24-7-8-24/h3-6,13,17-19,24,29H,7-12,14-16H2,1-2H3. The van der Waals surface area contributed by atoms with Crippen molar-refractivity contribution in [1.82, 2.24) is 15.0 Å². The van der Waals surface area contributed by atoms with Gasteiger partial charge in [0.15, 0.2) is 0 Å². The fourth-order valence-electron chi connectivity index (χ4n) is 4.69. The second-order valence-corrected chi connectivity index (χ2v) is 10.1. The molecule has 2 fully saturated rings. The summed E-state index contributed by atoms with van der Waals surface area (Å²) in [4.78, 5) is 27.7. The number of rotatable bonds is 8. The third-order valence-corrected chi connectivity index (χ3v) is 6.99. The van der Waals surface area contributed by atoms with Gasteiger partial charge >= 0.3 is 0 Å². The Morgan fingerprint density at radius 2 is 1.70 bits per heavy atom. The van der Waals surface area contributed by atoms with E-state index in [-0.39, 0.29) is 0 Å². The highest BCUT2D eigenvalue weighted by molar-refractivity contribution is 5.85. The number of nitrogens with zero attached hydrogens (tertiary/aromatic N) is 3. The van der Waals surface area contributed by atoms with Crippen molar-refractivity contribution in [2.45, 2.75) is 58.8 Å². The number of anilines is 1. The molecular weight excluding hydrogens is 408 g/mol. The number of ketones is 1. The van der Waals surface area contributed by atoms with Crippen molar-refractivity contribution in [3.05, 3.63) is 76.5 Å². The van der Waals surface area contributed by atoms with Crippen LogP contribution in [0.4, 0.5) is 5.82 Å². The van der Waals surface area contributed by atoms with Crippen LogP contribution in [0.2, 0.25) is 0 Å². The SMILES string of the molecule is Cc1cc(Cc2cc(N3CCC(C)CC3)nc(Cc3ccc(CC(=O)C4CC4)cc3)n2)c[nH]1. The maximum absolute atomic E-state index is 12.1. The molecule has 1 aliphatic carbocycles. The molecule has 1 aromatic carbocycles. The minimum atomic E-state index is 0.320. The van der Waals surface area contributed by atoms with Crippen molar-refractivity contribution in [2.75, 3.05) is 18.0 Å². The first-order valence-electron chi connectivity index (χ1n) is 12.4. The predicted molar refractivity (Wildman–Crippen MR) is 132 cm³/mol. The summed E-state index contributed by atoms with van der Waals surface area (Å²) in [6, 6.07) is 12.8. The highest BCUT2D eigenvalue weighted by Crippen LogP contribution is 2.31. The van der Waals surface area contributed by atoms with Gasteiger partial charge < -0.3 is 9.88 Å². The zero-order chi connectivity index (χ0) is 22.8. The number of carbonyl (C=O) groups excluding carboxylic acids is 1. The maximum Gasteiger partial charge on any atom is 0.140 e. The molecule has 0 bridgehead atoms. The highest BCUT2D eigenvalue weighted by Gasteiger charge is 2.29. The van der Waals surface area contributed by atoms with Gasteiger partial charge in [0.25, 0.3) is 0 Å². The van der Waals surface area contributed by atoms with E-state index in [1.807, 2.05) is 0 Å². The van der Waals surface area contributed by atoms with Crippen molar-refractivity contribution in [3.63, 3.8) is 0 Å². The quantitative estimate of drug-likeness (QED) is 0.530. The number of H-pyrrole nitrogens is 1. The van der Waals surface area contributed by atoms with Crippen LogP contribution < -0.4 is 4.90 Å². The number of hydrogen-bond donors (Lipinski definition) is 1. The first-order valence-corrected chi connectivity index (χ1v) is 12.4. The van der Waals surface area contributed by atoms with Crippen LogP contribution in [0.1, 0.15) is 66.5 Å². The third kappa shape index (κ3) is 5.70. The molecule has 5 heteroatoms. The molecule has 0 spiro atoms. The lowest BCUT2D eigenvalue weighted by Crippen LogP contribution is -2.33. The molecule has 0 radical (unpaired) electrons. The van der Waals surface area contributed by atoms with E-state index in [2.05, 4.69) is 66.3 Å². The van der Waals surface area contributed by atoms with E-state index in [0.717, 1.165) is 61.2 Å². The summed E-state index contributed by atoms with van der Waals surface area (Å²) in [5.41, 5.74) is 5.78. The van der Waals surface area contributed by atoms with Crippen LogP contribution in [-0.4, -0.2) is 33.8 Å². The minimum Gasteiger partial charge on any atom is -0.365 e. The number of nitrogens with one attached hydrogen (secondary N) is 1. The van der Waals surface area contributed by atoms with Gasteiger partial charge in [-0.15, -0.1) is 0 Å². The summed E-state index contributed by atoms with van der Waals surface area (Å²) in [6.07, 6.45) is 8.72. The molecule has 0 amide bonds. The predicted octanol–water partition coefficient (Wildman–Crippen LogP) is 5.05. The number of benzene rings is 1. The molecule has 5 nitrogen and oxygen atoms in total. The van der Waals surface area contributed by atoms with Crippen LogP contribution in [0.25, 0.3) is 0 Å². The Labute approximate surface area is 196 Å². The van der Waals surface area contributed by atoms with Crippen molar-refractivity contribution >= 4 is 11.6 Å². The topological polar surface area (TPSA) is 61.9 Å². The van der Waals surface area contributed by atoms with Gasteiger partial charge in [-0.2, -0.15) is 0 Å². The summed E-state index contributed by atoms with van der Waals surface area (Å²) in [7, 11) is 0. The van der Waals surface area contributed by atoms with Gasteiger partial charge in [0.1, 0.15) is 17.4 Å². The van der Waals surface area contributed by atoms with Crippen LogP contribution in [0.15, 0.2) is 42.6 Å². The van der Waals surface area contributed by atoms with Gasteiger partial charge in [0.2, 0.25) is 0 Å². The molecular formula is C28H34N4O. The summed E-state index contributed by atoms with van der Waals surface area (Å²) in [5.74, 6) is 3.42. The van der Waals surface area contributed by atoms with E-state index in [1.54, 1.807) is 0 Å². The van der Waals surface area contributed by atoms with Gasteiger partial charge in [0, 0.05) is 56.2 Å². The Kier molecular flexibility index (Phi) is 6.30. The van der Waals surface area contributed by atoms with E-state index < -0.39 is 0 Å². The molecule has 172 valence electrons. The van der Waals surface area contributed by atoms with E-state index in [4.69, 9.17) is 9.97 Å². The second kappa shape index (κ2) is 9.50. The Bertz CT molecular complexity index is 1110. The van der Waals surface area contributed by atoms with Crippen LogP contribution in [0.5, 0.6) is 0 Å². The number of carbonyl (C=O) groups is 1. The van der Waals surface area contributed by atoms with Crippen molar-refractivity contribution in [2.24, 2.45) is 11.8 Å². The molecule has 0 unspecified atom stereocenters. The Hall–Kier alpha value is -2.95. The number of aromatic nitrogens is 3. The molecule has 1 N–H and O–H groups in total. The Morgan fingerprint density at radius 1 is 0.970 bits per heavy atom. The first-order chi connectivity index (χ1) is 16.0. The molecule has 33 heavy (non-hydrogen) atoms. The summed E-state index contributed by atoms with van der Waals surface area (Å²) >= 11 is 0. The Morgan fingerprint density at radius 3 is 2.36 bits per heavy atom. The number of Topliss-reactive ketones (excluding diaryl/α,β-unsaturated/α-hetero) is 1. The van der Waals surface area contributed by atoms with E-state index in [1.165, 1.54) is 29.7 Å². The zero-order valence-electron chi connectivity index (χ0n) is 19.8. The molecule has 1 saturated carbocycles. The molecule has 5 rings (SSSR count). The monoisotopic (exact) mass is 442 g/mol. The van der Waals surface area contributed by atoms with E-state index in [9.17, 15) is 4.79 Å². The maximum atomic E-state index is 12.1. The average molecular weight is 443 g/mol. The number of aromatic amines is 1. The first kappa shape index (κ1) is 21.9. The van der Waals surface area contributed by atoms with Gasteiger partial charge in [0.05, 0.1) is 5.69 Å². The minimum absolute atomic E-state index is 0.320. The van der Waals surface area contributed by atoms with Gasteiger partial charge in [-0.25, -0.2) is 9.97 Å². The molecule has 1 saturated heterocycles. The lowest BCUT2D eigenvalue weighted by atomic mass is 9.99. The van der Waals surface area contributed by atoms with Crippen LogP contribution >= 0.6 is 0 Å². The Balaban J connectivity index is 1.35. The molecule has 3 aromatic rings. The fraction of sp³-hybridized carbons (Fsp3) is 0.464.